The highest BCUT2D eigenvalue weighted by molar-refractivity contribution is 5.69. The first-order valence-electron chi connectivity index (χ1n) is 5.49. The van der Waals surface area contributed by atoms with Crippen molar-refractivity contribution < 1.29 is 19.0 Å². The SMILES string of the molecule is COC(=O)CCCc1ccc(OC)c(OC)c1. The van der Waals surface area contributed by atoms with Crippen molar-refractivity contribution in [3.63, 3.8) is 0 Å². The highest BCUT2D eigenvalue weighted by Crippen LogP contribution is 2.28. The number of ether oxygens (including phenoxy) is 3. The molecule has 0 radical (unpaired) electrons. The quantitative estimate of drug-likeness (QED) is 0.713. The molecular weight excluding hydrogens is 220 g/mol. The number of hydrogen-bond donors (Lipinski definition) is 0. The maximum Gasteiger partial charge on any atom is 0.305 e. The van der Waals surface area contributed by atoms with Crippen molar-refractivity contribution in [2.45, 2.75) is 19.3 Å². The van der Waals surface area contributed by atoms with Gasteiger partial charge in [-0.05, 0) is 30.5 Å². The van der Waals surface area contributed by atoms with E-state index in [1.165, 1.54) is 7.11 Å². The monoisotopic (exact) mass is 238 g/mol. The largest absolute Gasteiger partial charge is 0.493 e. The Balaban J connectivity index is 2.57. The number of benzene rings is 1. The average molecular weight is 238 g/mol. The molecular formula is C13H18O4. The predicted octanol–water partition coefficient (Wildman–Crippen LogP) is 2.20. The molecule has 1 aromatic carbocycles. The zero-order chi connectivity index (χ0) is 12.7. The molecule has 4 heteroatoms. The number of rotatable bonds is 6. The summed E-state index contributed by atoms with van der Waals surface area (Å²) in [7, 11) is 4.61. The van der Waals surface area contributed by atoms with E-state index in [0.29, 0.717) is 17.9 Å². The molecule has 0 aromatic heterocycles. The minimum atomic E-state index is -0.175. The third-order valence-electron chi connectivity index (χ3n) is 2.52. The summed E-state index contributed by atoms with van der Waals surface area (Å²) in [5, 5.41) is 0. The fourth-order valence-electron chi connectivity index (χ4n) is 1.58. The van der Waals surface area contributed by atoms with E-state index in [4.69, 9.17) is 9.47 Å². The second kappa shape index (κ2) is 6.78. The van der Waals surface area contributed by atoms with Gasteiger partial charge in [0.2, 0.25) is 0 Å². The summed E-state index contributed by atoms with van der Waals surface area (Å²) in [5.41, 5.74) is 1.12. The van der Waals surface area contributed by atoms with E-state index in [1.54, 1.807) is 14.2 Å². The van der Waals surface area contributed by atoms with Crippen molar-refractivity contribution in [3.8, 4) is 11.5 Å². The van der Waals surface area contributed by atoms with E-state index in [9.17, 15) is 4.79 Å². The van der Waals surface area contributed by atoms with Gasteiger partial charge in [-0.15, -0.1) is 0 Å². The summed E-state index contributed by atoms with van der Waals surface area (Å²) in [4.78, 5) is 11.0. The number of esters is 1. The minimum Gasteiger partial charge on any atom is -0.493 e. The fraction of sp³-hybridized carbons (Fsp3) is 0.462. The molecule has 17 heavy (non-hydrogen) atoms. The zero-order valence-corrected chi connectivity index (χ0v) is 10.5. The van der Waals surface area contributed by atoms with Crippen LogP contribution in [0.3, 0.4) is 0 Å². The molecule has 0 fully saturated rings. The summed E-state index contributed by atoms with van der Waals surface area (Å²) >= 11 is 0. The van der Waals surface area contributed by atoms with Crippen LogP contribution in [0.25, 0.3) is 0 Å². The Hall–Kier alpha value is -1.71. The van der Waals surface area contributed by atoms with Crippen LogP contribution in [0.5, 0.6) is 11.5 Å². The maximum atomic E-state index is 11.0. The molecule has 0 saturated carbocycles. The summed E-state index contributed by atoms with van der Waals surface area (Å²) in [5.74, 6) is 1.25. The minimum absolute atomic E-state index is 0.175. The summed E-state index contributed by atoms with van der Waals surface area (Å²) in [6, 6.07) is 5.76. The van der Waals surface area contributed by atoms with Gasteiger partial charge in [-0.2, -0.15) is 0 Å². The molecule has 4 nitrogen and oxygen atoms in total. The Morgan fingerprint density at radius 2 is 1.82 bits per heavy atom. The molecule has 0 aliphatic carbocycles. The van der Waals surface area contributed by atoms with Gasteiger partial charge in [-0.3, -0.25) is 4.79 Å². The molecule has 94 valence electrons. The Morgan fingerprint density at radius 3 is 2.41 bits per heavy atom. The van der Waals surface area contributed by atoms with E-state index in [0.717, 1.165) is 18.4 Å². The van der Waals surface area contributed by atoms with Gasteiger partial charge in [0, 0.05) is 6.42 Å². The Kier molecular flexibility index (Phi) is 5.33. The Morgan fingerprint density at radius 1 is 1.12 bits per heavy atom. The smallest absolute Gasteiger partial charge is 0.305 e. The van der Waals surface area contributed by atoms with Crippen molar-refractivity contribution >= 4 is 5.97 Å². The number of hydrogen-bond acceptors (Lipinski definition) is 4. The predicted molar refractivity (Wildman–Crippen MR) is 64.5 cm³/mol. The topological polar surface area (TPSA) is 44.8 Å². The maximum absolute atomic E-state index is 11.0. The molecule has 1 rings (SSSR count). The molecule has 0 amide bonds. The third kappa shape index (κ3) is 3.98. The van der Waals surface area contributed by atoms with Crippen LogP contribution in [0, 0.1) is 0 Å². The van der Waals surface area contributed by atoms with Gasteiger partial charge in [0.1, 0.15) is 0 Å². The first kappa shape index (κ1) is 13.4. The fourth-order valence-corrected chi connectivity index (χ4v) is 1.58. The van der Waals surface area contributed by atoms with Crippen molar-refractivity contribution in [2.75, 3.05) is 21.3 Å². The summed E-state index contributed by atoms with van der Waals surface area (Å²) < 4.78 is 14.9. The van der Waals surface area contributed by atoms with Crippen LogP contribution in [0.4, 0.5) is 0 Å². The van der Waals surface area contributed by atoms with Crippen molar-refractivity contribution in [2.24, 2.45) is 0 Å². The van der Waals surface area contributed by atoms with Gasteiger partial charge < -0.3 is 14.2 Å². The molecule has 0 heterocycles. The van der Waals surface area contributed by atoms with Crippen LogP contribution in [0.1, 0.15) is 18.4 Å². The Bertz CT molecular complexity index is 374. The van der Waals surface area contributed by atoms with E-state index in [-0.39, 0.29) is 5.97 Å². The molecule has 0 saturated heterocycles. The third-order valence-corrected chi connectivity index (χ3v) is 2.52. The highest BCUT2D eigenvalue weighted by Gasteiger charge is 2.05. The van der Waals surface area contributed by atoms with Crippen molar-refractivity contribution in [3.05, 3.63) is 23.8 Å². The molecule has 0 atom stereocenters. The van der Waals surface area contributed by atoms with E-state index in [1.807, 2.05) is 18.2 Å². The Labute approximate surface area is 101 Å². The van der Waals surface area contributed by atoms with Gasteiger partial charge in [-0.1, -0.05) is 6.07 Å². The van der Waals surface area contributed by atoms with Gasteiger partial charge in [0.15, 0.2) is 11.5 Å². The molecule has 0 bridgehead atoms. The number of methoxy groups -OCH3 is 3. The summed E-state index contributed by atoms with van der Waals surface area (Å²) in [6.45, 7) is 0. The highest BCUT2D eigenvalue weighted by atomic mass is 16.5. The normalized spacial score (nSPS) is 9.82. The van der Waals surface area contributed by atoms with E-state index < -0.39 is 0 Å². The molecule has 0 N–H and O–H groups in total. The number of carbonyl (C=O) groups excluding carboxylic acids is 1. The molecule has 0 aliphatic heterocycles. The van der Waals surface area contributed by atoms with Gasteiger partial charge in [0.05, 0.1) is 21.3 Å². The van der Waals surface area contributed by atoms with Crippen LogP contribution < -0.4 is 9.47 Å². The van der Waals surface area contributed by atoms with Crippen LogP contribution >= 0.6 is 0 Å². The molecule has 0 spiro atoms. The van der Waals surface area contributed by atoms with Crippen LogP contribution in [0.15, 0.2) is 18.2 Å². The van der Waals surface area contributed by atoms with E-state index in [2.05, 4.69) is 4.74 Å². The number of carbonyl (C=O) groups is 1. The van der Waals surface area contributed by atoms with Gasteiger partial charge in [-0.25, -0.2) is 0 Å². The lowest BCUT2D eigenvalue weighted by Crippen LogP contribution is -2.00. The van der Waals surface area contributed by atoms with Gasteiger partial charge in [0.25, 0.3) is 0 Å². The second-order valence-electron chi connectivity index (χ2n) is 3.62. The first-order valence-corrected chi connectivity index (χ1v) is 5.49. The lowest BCUT2D eigenvalue weighted by Gasteiger charge is -2.09. The summed E-state index contributed by atoms with van der Waals surface area (Å²) in [6.07, 6.45) is 2.02. The number of aryl methyl sites for hydroxylation is 1. The lowest BCUT2D eigenvalue weighted by molar-refractivity contribution is -0.140. The lowest BCUT2D eigenvalue weighted by atomic mass is 10.1. The zero-order valence-electron chi connectivity index (χ0n) is 10.5. The standard InChI is InChI=1S/C13H18O4/c1-15-11-8-7-10(9-12(11)16-2)5-4-6-13(14)17-3/h7-9H,4-6H2,1-3H3. The van der Waals surface area contributed by atoms with Crippen LogP contribution in [0.2, 0.25) is 0 Å². The van der Waals surface area contributed by atoms with E-state index >= 15 is 0 Å². The second-order valence-corrected chi connectivity index (χ2v) is 3.62. The van der Waals surface area contributed by atoms with Crippen LogP contribution in [-0.4, -0.2) is 27.3 Å². The van der Waals surface area contributed by atoms with Crippen molar-refractivity contribution in [1.29, 1.82) is 0 Å². The van der Waals surface area contributed by atoms with Crippen molar-refractivity contribution in [1.82, 2.24) is 0 Å². The van der Waals surface area contributed by atoms with Gasteiger partial charge >= 0.3 is 5.97 Å². The average Bonchev–Trinajstić information content (AvgIpc) is 2.38. The van der Waals surface area contributed by atoms with Crippen LogP contribution in [-0.2, 0) is 16.0 Å². The first-order chi connectivity index (χ1) is 8.21. The molecule has 0 aliphatic rings. The molecule has 0 unspecified atom stereocenters. The molecule has 1 aromatic rings.